The first kappa shape index (κ1) is 17.4. The molecule has 0 atom stereocenters. The molecule has 0 bridgehead atoms. The molecule has 24 heavy (non-hydrogen) atoms. The first-order valence-corrected chi connectivity index (χ1v) is 8.85. The first-order chi connectivity index (χ1) is 11.3. The number of benzene rings is 2. The molecule has 0 spiro atoms. The maximum atomic E-state index is 12.2. The molecule has 0 N–H and O–H groups in total. The SMILES string of the molecule is COc1cc(C(=O)/C=C\c2ccc(C#N)cc2)ccc1S(C)(=O)=O. The van der Waals surface area contributed by atoms with Gasteiger partial charge in [-0.05, 0) is 42.0 Å². The molecule has 6 heteroatoms. The number of carbonyl (C=O) groups excluding carboxylic acids is 1. The molecular formula is C18H15NO4S. The van der Waals surface area contributed by atoms with Crippen molar-refractivity contribution in [3.8, 4) is 11.8 Å². The Kier molecular flexibility index (Phi) is 5.17. The molecule has 122 valence electrons. The molecule has 0 aromatic heterocycles. The van der Waals surface area contributed by atoms with Gasteiger partial charge >= 0.3 is 0 Å². The topological polar surface area (TPSA) is 84.2 Å². The fourth-order valence-corrected chi connectivity index (χ4v) is 2.89. The minimum atomic E-state index is -3.43. The number of ether oxygens (including phenoxy) is 1. The fourth-order valence-electron chi connectivity index (χ4n) is 2.06. The number of allylic oxidation sites excluding steroid dienone is 1. The number of nitrogens with zero attached hydrogens (tertiary/aromatic N) is 1. The van der Waals surface area contributed by atoms with Crippen LogP contribution in [0.1, 0.15) is 21.5 Å². The van der Waals surface area contributed by atoms with Gasteiger partial charge in [0, 0.05) is 11.8 Å². The molecule has 0 aliphatic carbocycles. The number of ketones is 1. The monoisotopic (exact) mass is 341 g/mol. The smallest absolute Gasteiger partial charge is 0.185 e. The zero-order valence-corrected chi connectivity index (χ0v) is 14.0. The molecule has 5 nitrogen and oxygen atoms in total. The summed E-state index contributed by atoms with van der Waals surface area (Å²) in [6.45, 7) is 0. The van der Waals surface area contributed by atoms with Crippen molar-refractivity contribution < 1.29 is 17.9 Å². The third-order valence-corrected chi connectivity index (χ3v) is 4.45. The van der Waals surface area contributed by atoms with Crippen LogP contribution in [0.25, 0.3) is 6.08 Å². The van der Waals surface area contributed by atoms with Crippen molar-refractivity contribution >= 4 is 21.7 Å². The third-order valence-electron chi connectivity index (χ3n) is 3.31. The second-order valence-corrected chi connectivity index (χ2v) is 7.05. The van der Waals surface area contributed by atoms with Crippen molar-refractivity contribution in [1.29, 1.82) is 5.26 Å². The van der Waals surface area contributed by atoms with E-state index in [2.05, 4.69) is 0 Å². The highest BCUT2D eigenvalue weighted by Crippen LogP contribution is 2.25. The lowest BCUT2D eigenvalue weighted by atomic mass is 10.1. The Bertz CT molecular complexity index is 936. The van der Waals surface area contributed by atoms with E-state index < -0.39 is 9.84 Å². The van der Waals surface area contributed by atoms with E-state index in [-0.39, 0.29) is 16.4 Å². The summed E-state index contributed by atoms with van der Waals surface area (Å²) in [6.07, 6.45) is 4.09. The van der Waals surface area contributed by atoms with Gasteiger partial charge in [-0.3, -0.25) is 4.79 Å². The van der Waals surface area contributed by atoms with Crippen LogP contribution in [-0.4, -0.2) is 27.6 Å². The molecule has 0 amide bonds. The summed E-state index contributed by atoms with van der Waals surface area (Å²) in [7, 11) is -2.08. The van der Waals surface area contributed by atoms with Crippen LogP contribution >= 0.6 is 0 Å². The zero-order valence-electron chi connectivity index (χ0n) is 13.2. The first-order valence-electron chi connectivity index (χ1n) is 6.96. The van der Waals surface area contributed by atoms with Crippen LogP contribution in [0.15, 0.2) is 53.4 Å². The Morgan fingerprint density at radius 1 is 1.17 bits per heavy atom. The van der Waals surface area contributed by atoms with E-state index in [4.69, 9.17) is 10.00 Å². The van der Waals surface area contributed by atoms with Gasteiger partial charge in [0.25, 0.3) is 0 Å². The van der Waals surface area contributed by atoms with Gasteiger partial charge in [-0.15, -0.1) is 0 Å². The van der Waals surface area contributed by atoms with Crippen LogP contribution in [-0.2, 0) is 9.84 Å². The maximum absolute atomic E-state index is 12.2. The van der Waals surface area contributed by atoms with Crippen LogP contribution in [0, 0.1) is 11.3 Å². The summed E-state index contributed by atoms with van der Waals surface area (Å²) in [6, 6.07) is 13.0. The highest BCUT2D eigenvalue weighted by molar-refractivity contribution is 7.90. The standard InChI is InChI=1S/C18H15NO4S/c1-23-17-11-15(8-10-18(17)24(2,21)22)16(20)9-7-13-3-5-14(12-19)6-4-13/h3-11H,1-2H3/b9-7-. The van der Waals surface area contributed by atoms with Crippen molar-refractivity contribution in [3.63, 3.8) is 0 Å². The zero-order chi connectivity index (χ0) is 17.7. The van der Waals surface area contributed by atoms with E-state index >= 15 is 0 Å². The molecule has 2 aromatic carbocycles. The molecule has 0 aliphatic heterocycles. The number of hydrogen-bond donors (Lipinski definition) is 0. The van der Waals surface area contributed by atoms with Crippen molar-refractivity contribution in [2.45, 2.75) is 4.90 Å². The number of sulfone groups is 1. The van der Waals surface area contributed by atoms with Crippen LogP contribution in [0.3, 0.4) is 0 Å². The van der Waals surface area contributed by atoms with Crippen molar-refractivity contribution in [2.75, 3.05) is 13.4 Å². The summed E-state index contributed by atoms with van der Waals surface area (Å²) >= 11 is 0. The second kappa shape index (κ2) is 7.11. The van der Waals surface area contributed by atoms with E-state index in [1.807, 2.05) is 6.07 Å². The van der Waals surface area contributed by atoms with Crippen molar-refractivity contribution in [1.82, 2.24) is 0 Å². The molecular weight excluding hydrogens is 326 g/mol. The van der Waals surface area contributed by atoms with Crippen LogP contribution in [0.4, 0.5) is 0 Å². The quantitative estimate of drug-likeness (QED) is 0.617. The lowest BCUT2D eigenvalue weighted by molar-refractivity contribution is 0.104. The Balaban J connectivity index is 2.26. The Hall–Kier alpha value is -2.91. The average Bonchev–Trinajstić information content (AvgIpc) is 2.58. The van der Waals surface area contributed by atoms with Gasteiger partial charge < -0.3 is 4.74 Å². The minimum Gasteiger partial charge on any atom is -0.495 e. The Morgan fingerprint density at radius 3 is 2.38 bits per heavy atom. The number of rotatable bonds is 5. The summed E-state index contributed by atoms with van der Waals surface area (Å²) in [5.74, 6) is -0.146. The van der Waals surface area contributed by atoms with Gasteiger partial charge in [-0.1, -0.05) is 18.2 Å². The molecule has 2 aromatic rings. The van der Waals surface area contributed by atoms with Gasteiger partial charge in [-0.2, -0.15) is 5.26 Å². The highest BCUT2D eigenvalue weighted by Gasteiger charge is 2.16. The van der Waals surface area contributed by atoms with E-state index in [0.717, 1.165) is 11.8 Å². The average molecular weight is 341 g/mol. The van der Waals surface area contributed by atoms with Crippen LogP contribution in [0.2, 0.25) is 0 Å². The molecule has 0 aliphatic rings. The summed E-state index contributed by atoms with van der Waals surface area (Å²) in [4.78, 5) is 12.3. The predicted molar refractivity (Wildman–Crippen MR) is 90.6 cm³/mol. The molecule has 2 rings (SSSR count). The Labute approximate surface area is 140 Å². The van der Waals surface area contributed by atoms with E-state index in [0.29, 0.717) is 11.1 Å². The second-order valence-electron chi connectivity index (χ2n) is 5.07. The summed E-state index contributed by atoms with van der Waals surface area (Å²) < 4.78 is 28.4. The summed E-state index contributed by atoms with van der Waals surface area (Å²) in [5, 5.41) is 8.75. The normalized spacial score (nSPS) is 11.2. The fraction of sp³-hybridized carbons (Fsp3) is 0.111. The minimum absolute atomic E-state index is 0.0395. The molecule has 0 saturated heterocycles. The van der Waals surface area contributed by atoms with Gasteiger partial charge in [0.2, 0.25) is 0 Å². The number of carbonyl (C=O) groups is 1. The van der Waals surface area contributed by atoms with Gasteiger partial charge in [-0.25, -0.2) is 8.42 Å². The van der Waals surface area contributed by atoms with Gasteiger partial charge in [0.05, 0.1) is 18.7 Å². The number of methoxy groups -OCH3 is 1. The van der Waals surface area contributed by atoms with Gasteiger partial charge in [0.1, 0.15) is 10.6 Å². The molecule has 0 fully saturated rings. The third kappa shape index (κ3) is 4.09. The molecule has 0 radical (unpaired) electrons. The highest BCUT2D eigenvalue weighted by atomic mass is 32.2. The molecule has 0 unspecified atom stereocenters. The van der Waals surface area contributed by atoms with Gasteiger partial charge in [0.15, 0.2) is 15.6 Å². The van der Waals surface area contributed by atoms with Crippen LogP contribution < -0.4 is 4.74 Å². The molecule has 0 heterocycles. The van der Waals surface area contributed by atoms with E-state index in [1.54, 1.807) is 30.3 Å². The largest absolute Gasteiger partial charge is 0.495 e. The van der Waals surface area contributed by atoms with Crippen LogP contribution in [0.5, 0.6) is 5.75 Å². The summed E-state index contributed by atoms with van der Waals surface area (Å²) in [5.41, 5.74) is 1.64. The molecule has 0 saturated carbocycles. The van der Waals surface area contributed by atoms with E-state index in [9.17, 15) is 13.2 Å². The Morgan fingerprint density at radius 2 is 1.83 bits per heavy atom. The predicted octanol–water partition coefficient (Wildman–Crippen LogP) is 2.87. The van der Waals surface area contributed by atoms with Crippen molar-refractivity contribution in [3.05, 3.63) is 65.2 Å². The number of nitriles is 1. The lowest BCUT2D eigenvalue weighted by Gasteiger charge is -2.07. The maximum Gasteiger partial charge on any atom is 0.185 e. The number of hydrogen-bond acceptors (Lipinski definition) is 5. The lowest BCUT2D eigenvalue weighted by Crippen LogP contribution is -2.03. The van der Waals surface area contributed by atoms with Crippen molar-refractivity contribution in [2.24, 2.45) is 0 Å². The van der Waals surface area contributed by atoms with E-state index in [1.165, 1.54) is 31.4 Å².